The van der Waals surface area contributed by atoms with Crippen molar-refractivity contribution in [3.63, 3.8) is 0 Å². The fraction of sp³-hybridized carbons (Fsp3) is 0.556. The van der Waals surface area contributed by atoms with Crippen LogP contribution >= 0.6 is 11.6 Å². The van der Waals surface area contributed by atoms with Crippen LogP contribution in [0.5, 0.6) is 5.75 Å². The lowest BCUT2D eigenvalue weighted by Crippen LogP contribution is -2.51. The zero-order valence-electron chi connectivity index (χ0n) is 27.1. The van der Waals surface area contributed by atoms with Crippen molar-refractivity contribution in [1.82, 2.24) is 4.72 Å². The van der Waals surface area contributed by atoms with E-state index in [1.54, 1.807) is 31.2 Å². The maximum Gasteiger partial charge on any atom is 0.377 e. The van der Waals surface area contributed by atoms with Gasteiger partial charge in [-0.15, -0.1) is 0 Å². The van der Waals surface area contributed by atoms with Crippen molar-refractivity contribution in [2.24, 2.45) is 23.7 Å². The number of alkyl halides is 2. The Labute approximate surface area is 283 Å². The lowest BCUT2D eigenvalue weighted by molar-refractivity contribution is -0.183. The first-order valence-corrected chi connectivity index (χ1v) is 18.3. The molecule has 1 N–H and O–H groups in total. The molecule has 0 radical (unpaired) electrons. The van der Waals surface area contributed by atoms with Crippen molar-refractivity contribution < 1.29 is 32.1 Å². The van der Waals surface area contributed by atoms with E-state index in [0.29, 0.717) is 54.6 Å². The molecule has 1 spiro atoms. The molecule has 0 saturated heterocycles. The SMILES string of the molecule is CCOC(=O)C(F)(F)C1/C=C/CC(C)C(C)S(=O)NC(=O)c2ccc3c(c2)N(CC2CCC21)C[C@@]1(CCCc2cc(Cl)ccc21)CO3. The molecule has 2 aliphatic carbocycles. The van der Waals surface area contributed by atoms with Gasteiger partial charge in [0, 0.05) is 29.1 Å². The summed E-state index contributed by atoms with van der Waals surface area (Å²) in [6, 6.07) is 11.2. The molecule has 2 aromatic rings. The van der Waals surface area contributed by atoms with Crippen LogP contribution < -0.4 is 14.4 Å². The Hall–Kier alpha value is -2.98. The van der Waals surface area contributed by atoms with Crippen LogP contribution in [0, 0.1) is 23.7 Å². The van der Waals surface area contributed by atoms with Crippen LogP contribution in [0.25, 0.3) is 0 Å². The van der Waals surface area contributed by atoms with E-state index >= 15 is 8.78 Å². The molecule has 11 heteroatoms. The standard InChI is InChI=1S/C36H43ClF2N2O5S/c1-4-45-34(43)36(38,39)30-9-5-7-22(2)23(3)47(44)40-33(42)25-11-15-32-31(18-25)41(19-26-10-13-28(26)30)20-35(21-46-32)16-6-8-24-17-27(37)12-14-29(24)35/h5,9,11-12,14-15,17-18,22-23,26,28,30H,4,6-8,10,13,16,19-21H2,1-3H3,(H,40,42)/b9-5+/t22?,23?,26?,28?,30?,35-,47?/m0/s1. The summed E-state index contributed by atoms with van der Waals surface area (Å²) in [6.07, 6.45) is 7.53. The minimum Gasteiger partial charge on any atom is -0.490 e. The minimum absolute atomic E-state index is 0.132. The van der Waals surface area contributed by atoms with Gasteiger partial charge in [-0.1, -0.05) is 36.7 Å². The Bertz CT molecular complexity index is 1590. The Kier molecular flexibility index (Phi) is 9.74. The molecule has 4 aliphatic rings. The second kappa shape index (κ2) is 13.5. The number of nitrogens with zero attached hydrogens (tertiary/aromatic N) is 1. The number of aryl methyl sites for hydroxylation is 1. The van der Waals surface area contributed by atoms with E-state index in [9.17, 15) is 13.8 Å². The lowest BCUT2D eigenvalue weighted by atomic mass is 9.64. The summed E-state index contributed by atoms with van der Waals surface area (Å²) >= 11 is 6.40. The molecule has 47 heavy (non-hydrogen) atoms. The highest BCUT2D eigenvalue weighted by atomic mass is 35.5. The monoisotopic (exact) mass is 688 g/mol. The van der Waals surface area contributed by atoms with Crippen LogP contribution in [-0.4, -0.2) is 53.6 Å². The van der Waals surface area contributed by atoms with Gasteiger partial charge < -0.3 is 14.4 Å². The minimum atomic E-state index is -3.71. The summed E-state index contributed by atoms with van der Waals surface area (Å²) in [7, 11) is -1.72. The quantitative estimate of drug-likeness (QED) is 0.275. The van der Waals surface area contributed by atoms with Crippen LogP contribution in [0.3, 0.4) is 0 Å². The summed E-state index contributed by atoms with van der Waals surface area (Å²) in [5.74, 6) is -7.19. The summed E-state index contributed by atoms with van der Waals surface area (Å²) in [4.78, 5) is 28.3. The summed E-state index contributed by atoms with van der Waals surface area (Å²) in [6.45, 7) is 6.45. The van der Waals surface area contributed by atoms with E-state index < -0.39 is 45.9 Å². The molecule has 2 heterocycles. The first-order valence-electron chi connectivity index (χ1n) is 16.7. The zero-order chi connectivity index (χ0) is 33.5. The van der Waals surface area contributed by atoms with E-state index in [4.69, 9.17) is 21.1 Å². The van der Waals surface area contributed by atoms with Gasteiger partial charge in [-0.2, -0.15) is 8.78 Å². The third-order valence-electron chi connectivity index (χ3n) is 10.8. The molecule has 254 valence electrons. The number of hydrogen-bond acceptors (Lipinski definition) is 6. The van der Waals surface area contributed by atoms with Crippen molar-refractivity contribution in [3.05, 3.63) is 70.3 Å². The smallest absolute Gasteiger partial charge is 0.377 e. The fourth-order valence-electron chi connectivity index (χ4n) is 7.81. The Morgan fingerprint density at radius 3 is 2.77 bits per heavy atom. The molecule has 1 fully saturated rings. The van der Waals surface area contributed by atoms with Crippen LogP contribution in [0.1, 0.15) is 74.4 Å². The summed E-state index contributed by atoms with van der Waals surface area (Å²) in [5, 5.41) is 0.233. The second-order valence-electron chi connectivity index (χ2n) is 13.7. The lowest BCUT2D eigenvalue weighted by Gasteiger charge is -2.47. The van der Waals surface area contributed by atoms with Gasteiger partial charge in [-0.25, -0.2) is 9.00 Å². The molecule has 7 nitrogen and oxygen atoms in total. The number of halogens is 3. The van der Waals surface area contributed by atoms with Gasteiger partial charge in [0.05, 0.1) is 30.1 Å². The van der Waals surface area contributed by atoms with E-state index in [-0.39, 0.29) is 23.9 Å². The molecule has 7 atom stereocenters. The van der Waals surface area contributed by atoms with Gasteiger partial charge in [0.1, 0.15) is 16.7 Å². The van der Waals surface area contributed by atoms with Crippen LogP contribution in [-0.2, 0) is 32.4 Å². The average Bonchev–Trinajstić information content (AvgIpc) is 3.18. The number of allylic oxidation sites excluding steroid dienone is 2. The van der Waals surface area contributed by atoms with Gasteiger partial charge in [0.25, 0.3) is 5.91 Å². The molecule has 0 aromatic heterocycles. The Morgan fingerprint density at radius 2 is 2.02 bits per heavy atom. The number of rotatable bonds is 3. The fourth-order valence-corrected chi connectivity index (χ4v) is 9.03. The van der Waals surface area contributed by atoms with E-state index in [1.165, 1.54) is 24.1 Å². The molecule has 2 aromatic carbocycles. The van der Waals surface area contributed by atoms with Gasteiger partial charge >= 0.3 is 11.9 Å². The number of fused-ring (bicyclic) bond motifs is 4. The molecular weight excluding hydrogens is 646 g/mol. The van der Waals surface area contributed by atoms with E-state index in [0.717, 1.165) is 25.7 Å². The van der Waals surface area contributed by atoms with Gasteiger partial charge in [0.15, 0.2) is 0 Å². The molecular formula is C36H43ClF2N2O5S. The Morgan fingerprint density at radius 1 is 1.21 bits per heavy atom. The van der Waals surface area contributed by atoms with Crippen molar-refractivity contribution in [3.8, 4) is 5.75 Å². The number of carbonyl (C=O) groups excluding carboxylic acids is 2. The highest BCUT2D eigenvalue weighted by Crippen LogP contribution is 2.50. The highest BCUT2D eigenvalue weighted by Gasteiger charge is 2.55. The molecule has 2 aliphatic heterocycles. The van der Waals surface area contributed by atoms with Gasteiger partial charge in [-0.3, -0.25) is 9.52 Å². The average molecular weight is 689 g/mol. The third kappa shape index (κ3) is 6.56. The number of anilines is 1. The van der Waals surface area contributed by atoms with E-state index in [1.807, 2.05) is 19.1 Å². The van der Waals surface area contributed by atoms with Crippen molar-refractivity contribution in [2.45, 2.75) is 75.9 Å². The number of ether oxygens (including phenoxy) is 2. The highest BCUT2D eigenvalue weighted by molar-refractivity contribution is 7.84. The maximum atomic E-state index is 15.9. The van der Waals surface area contributed by atoms with Gasteiger partial charge in [-0.05, 0) is 112 Å². The van der Waals surface area contributed by atoms with E-state index in [2.05, 4.69) is 15.7 Å². The van der Waals surface area contributed by atoms with Crippen molar-refractivity contribution in [1.29, 1.82) is 0 Å². The van der Waals surface area contributed by atoms with Crippen LogP contribution in [0.15, 0.2) is 48.6 Å². The maximum absolute atomic E-state index is 15.9. The first kappa shape index (κ1) is 33.9. The molecule has 2 bridgehead atoms. The Balaban J connectivity index is 1.43. The topological polar surface area (TPSA) is 84.9 Å². The number of amides is 1. The molecule has 6 rings (SSSR count). The summed E-state index contributed by atoms with van der Waals surface area (Å²) in [5.41, 5.74) is 3.01. The first-order chi connectivity index (χ1) is 22.4. The van der Waals surface area contributed by atoms with Crippen molar-refractivity contribution >= 4 is 40.2 Å². The number of esters is 1. The van der Waals surface area contributed by atoms with Gasteiger partial charge in [0.2, 0.25) is 0 Å². The number of carbonyl (C=O) groups is 2. The predicted molar refractivity (Wildman–Crippen MR) is 179 cm³/mol. The summed E-state index contributed by atoms with van der Waals surface area (Å²) < 4.78 is 59.2. The largest absolute Gasteiger partial charge is 0.490 e. The predicted octanol–water partition coefficient (Wildman–Crippen LogP) is 7.03. The number of hydrogen-bond donors (Lipinski definition) is 1. The van der Waals surface area contributed by atoms with Crippen LogP contribution in [0.4, 0.5) is 14.5 Å². The third-order valence-corrected chi connectivity index (χ3v) is 12.6. The molecule has 1 amide bonds. The zero-order valence-corrected chi connectivity index (χ0v) is 28.7. The second-order valence-corrected chi connectivity index (χ2v) is 15.7. The number of nitrogens with one attached hydrogen (secondary N) is 1. The van der Waals surface area contributed by atoms with Crippen molar-refractivity contribution in [2.75, 3.05) is 31.2 Å². The van der Waals surface area contributed by atoms with Crippen LogP contribution in [0.2, 0.25) is 5.02 Å². The molecule has 1 saturated carbocycles. The normalized spacial score (nSPS) is 31.7. The number of benzene rings is 2. The molecule has 6 unspecified atom stereocenters.